The SMILES string of the molecule is O=CNc1cc2cc(-c3c(Cl)c(F)c(CF)c4[nH]ncc34)ccn2n1. The molecule has 9 heteroatoms. The Bertz CT molecular complexity index is 1120. The lowest BCUT2D eigenvalue weighted by Gasteiger charge is -2.11. The Kier molecular flexibility index (Phi) is 3.61. The van der Waals surface area contributed by atoms with Gasteiger partial charge in [0, 0.05) is 28.8 Å². The first-order chi connectivity index (χ1) is 12.1. The molecule has 0 saturated carbocycles. The second-order valence-corrected chi connectivity index (χ2v) is 5.73. The van der Waals surface area contributed by atoms with Crippen LogP contribution in [0.4, 0.5) is 14.6 Å². The zero-order chi connectivity index (χ0) is 17.6. The molecule has 0 radical (unpaired) electrons. The number of H-pyrrole nitrogens is 1. The number of aromatic nitrogens is 4. The minimum atomic E-state index is -0.993. The van der Waals surface area contributed by atoms with Gasteiger partial charge in [0.25, 0.3) is 0 Å². The van der Waals surface area contributed by atoms with E-state index < -0.39 is 12.5 Å². The molecule has 3 aromatic heterocycles. The minimum Gasteiger partial charge on any atom is -0.312 e. The number of anilines is 1. The van der Waals surface area contributed by atoms with Crippen LogP contribution in [0.15, 0.2) is 30.6 Å². The number of alkyl halides is 1. The van der Waals surface area contributed by atoms with Crippen LogP contribution in [-0.4, -0.2) is 26.2 Å². The Hall–Kier alpha value is -3.00. The number of amides is 1. The highest BCUT2D eigenvalue weighted by Crippen LogP contribution is 2.39. The molecule has 4 aromatic rings. The van der Waals surface area contributed by atoms with Crippen molar-refractivity contribution in [3.8, 4) is 11.1 Å². The van der Waals surface area contributed by atoms with Gasteiger partial charge in [0.05, 0.1) is 22.3 Å². The number of hydrogen-bond acceptors (Lipinski definition) is 3. The van der Waals surface area contributed by atoms with Crippen LogP contribution in [0.2, 0.25) is 5.02 Å². The molecule has 25 heavy (non-hydrogen) atoms. The molecule has 0 aliphatic rings. The van der Waals surface area contributed by atoms with E-state index in [9.17, 15) is 13.6 Å². The van der Waals surface area contributed by atoms with Crippen molar-refractivity contribution in [2.45, 2.75) is 6.67 Å². The van der Waals surface area contributed by atoms with Crippen molar-refractivity contribution in [2.75, 3.05) is 5.32 Å². The van der Waals surface area contributed by atoms with Crippen LogP contribution < -0.4 is 5.32 Å². The zero-order valence-corrected chi connectivity index (χ0v) is 13.3. The van der Waals surface area contributed by atoms with Crippen molar-refractivity contribution in [3.63, 3.8) is 0 Å². The molecule has 2 N–H and O–H groups in total. The lowest BCUT2D eigenvalue weighted by Crippen LogP contribution is -1.96. The Morgan fingerprint density at radius 2 is 2.24 bits per heavy atom. The van der Waals surface area contributed by atoms with Gasteiger partial charge < -0.3 is 5.32 Å². The summed E-state index contributed by atoms with van der Waals surface area (Å²) in [7, 11) is 0. The highest BCUT2D eigenvalue weighted by Gasteiger charge is 2.21. The van der Waals surface area contributed by atoms with Gasteiger partial charge >= 0.3 is 0 Å². The Balaban J connectivity index is 1.98. The standard InChI is InChI=1S/C16H10ClF2N5O/c17-14-13(11-6-21-22-16(11)10(5-18)15(14)19)8-1-2-24-9(3-8)4-12(23-24)20-7-25/h1-4,6-7H,5H2,(H,21,22)(H,20,23,25). The Morgan fingerprint density at radius 1 is 1.40 bits per heavy atom. The average molecular weight is 362 g/mol. The van der Waals surface area contributed by atoms with E-state index >= 15 is 0 Å². The van der Waals surface area contributed by atoms with Crippen molar-refractivity contribution in [1.82, 2.24) is 19.8 Å². The quantitative estimate of drug-likeness (QED) is 0.544. The molecule has 4 rings (SSSR count). The van der Waals surface area contributed by atoms with Gasteiger partial charge in [0.2, 0.25) is 6.41 Å². The summed E-state index contributed by atoms with van der Waals surface area (Å²) in [4.78, 5) is 10.5. The molecule has 6 nitrogen and oxygen atoms in total. The van der Waals surface area contributed by atoms with Crippen LogP contribution in [0.5, 0.6) is 0 Å². The molecular weight excluding hydrogens is 352 g/mol. The molecule has 1 amide bonds. The normalized spacial score (nSPS) is 11.3. The molecule has 0 fully saturated rings. The third kappa shape index (κ3) is 2.33. The summed E-state index contributed by atoms with van der Waals surface area (Å²) in [6.07, 6.45) is 3.67. The molecule has 1 aromatic carbocycles. The van der Waals surface area contributed by atoms with E-state index in [-0.39, 0.29) is 16.1 Å². The summed E-state index contributed by atoms with van der Waals surface area (Å²) in [5.74, 6) is -0.432. The molecule has 0 aliphatic carbocycles. The summed E-state index contributed by atoms with van der Waals surface area (Å²) >= 11 is 6.19. The highest BCUT2D eigenvalue weighted by atomic mass is 35.5. The van der Waals surface area contributed by atoms with Gasteiger partial charge in [0.1, 0.15) is 12.5 Å². The van der Waals surface area contributed by atoms with Crippen molar-refractivity contribution in [3.05, 3.63) is 47.0 Å². The van der Waals surface area contributed by atoms with Crippen LogP contribution in [-0.2, 0) is 11.5 Å². The van der Waals surface area contributed by atoms with Gasteiger partial charge in [-0.25, -0.2) is 13.3 Å². The molecule has 0 saturated heterocycles. The molecule has 0 atom stereocenters. The summed E-state index contributed by atoms with van der Waals surface area (Å²) in [5.41, 5.74) is 1.82. The summed E-state index contributed by atoms with van der Waals surface area (Å²) in [6, 6.07) is 5.10. The molecule has 0 bridgehead atoms. The smallest absolute Gasteiger partial charge is 0.212 e. The first kappa shape index (κ1) is 15.5. The lowest BCUT2D eigenvalue weighted by atomic mass is 9.99. The van der Waals surface area contributed by atoms with Gasteiger partial charge in [0.15, 0.2) is 5.82 Å². The van der Waals surface area contributed by atoms with Crippen LogP contribution in [0.25, 0.3) is 27.5 Å². The maximum Gasteiger partial charge on any atom is 0.212 e. The number of carbonyl (C=O) groups is 1. The average Bonchev–Trinajstić information content (AvgIpc) is 3.22. The summed E-state index contributed by atoms with van der Waals surface area (Å²) in [6.45, 7) is -0.993. The number of rotatable bonds is 4. The third-order valence-corrected chi connectivity index (χ3v) is 4.33. The number of benzene rings is 1. The van der Waals surface area contributed by atoms with E-state index in [2.05, 4.69) is 20.6 Å². The van der Waals surface area contributed by atoms with E-state index in [0.29, 0.717) is 34.3 Å². The van der Waals surface area contributed by atoms with Crippen molar-refractivity contribution in [2.24, 2.45) is 0 Å². The number of nitrogens with zero attached hydrogens (tertiary/aromatic N) is 3. The number of halogens is 3. The second kappa shape index (κ2) is 5.82. The number of hydrogen-bond donors (Lipinski definition) is 2. The van der Waals surface area contributed by atoms with Crippen LogP contribution in [0, 0.1) is 5.82 Å². The van der Waals surface area contributed by atoms with E-state index in [1.165, 1.54) is 6.20 Å². The maximum atomic E-state index is 14.5. The number of aromatic amines is 1. The first-order valence-electron chi connectivity index (χ1n) is 7.23. The largest absolute Gasteiger partial charge is 0.312 e. The minimum absolute atomic E-state index is 0.149. The number of carbonyl (C=O) groups excluding carboxylic acids is 1. The molecule has 0 spiro atoms. The molecule has 0 unspecified atom stereocenters. The van der Waals surface area contributed by atoms with Crippen LogP contribution in [0.3, 0.4) is 0 Å². The predicted octanol–water partition coefficient (Wildman–Crippen LogP) is 3.71. The monoisotopic (exact) mass is 361 g/mol. The Labute approximate surface area is 144 Å². The maximum absolute atomic E-state index is 14.5. The fourth-order valence-electron chi connectivity index (χ4n) is 2.86. The predicted molar refractivity (Wildman–Crippen MR) is 89.7 cm³/mol. The Morgan fingerprint density at radius 3 is 3.00 bits per heavy atom. The fraction of sp³-hybridized carbons (Fsp3) is 0.0625. The molecular formula is C16H10ClF2N5O. The van der Waals surface area contributed by atoms with Crippen molar-refractivity contribution < 1.29 is 13.6 Å². The topological polar surface area (TPSA) is 75.1 Å². The fourth-order valence-corrected chi connectivity index (χ4v) is 3.19. The first-order valence-corrected chi connectivity index (χ1v) is 7.60. The van der Waals surface area contributed by atoms with Crippen molar-refractivity contribution >= 4 is 40.2 Å². The van der Waals surface area contributed by atoms with Crippen LogP contribution >= 0.6 is 11.6 Å². The number of fused-ring (bicyclic) bond motifs is 2. The summed E-state index contributed by atoms with van der Waals surface area (Å²) in [5, 5.41) is 13.5. The molecule has 0 aliphatic heterocycles. The van der Waals surface area contributed by atoms with E-state index in [1.807, 2.05) is 0 Å². The van der Waals surface area contributed by atoms with Gasteiger partial charge in [-0.3, -0.25) is 9.89 Å². The lowest BCUT2D eigenvalue weighted by molar-refractivity contribution is -0.105. The molecule has 3 heterocycles. The van der Waals surface area contributed by atoms with Crippen LogP contribution in [0.1, 0.15) is 5.56 Å². The zero-order valence-electron chi connectivity index (χ0n) is 12.6. The number of pyridine rings is 1. The molecule has 126 valence electrons. The van der Waals surface area contributed by atoms with Gasteiger partial charge in [-0.2, -0.15) is 10.2 Å². The van der Waals surface area contributed by atoms with Gasteiger partial charge in [-0.05, 0) is 17.7 Å². The van der Waals surface area contributed by atoms with E-state index in [0.717, 1.165) is 0 Å². The summed E-state index contributed by atoms with van der Waals surface area (Å²) < 4.78 is 29.2. The van der Waals surface area contributed by atoms with E-state index in [4.69, 9.17) is 11.6 Å². The van der Waals surface area contributed by atoms with Gasteiger partial charge in [-0.15, -0.1) is 0 Å². The van der Waals surface area contributed by atoms with Gasteiger partial charge in [-0.1, -0.05) is 11.6 Å². The number of nitrogens with one attached hydrogen (secondary N) is 2. The highest BCUT2D eigenvalue weighted by molar-refractivity contribution is 6.35. The second-order valence-electron chi connectivity index (χ2n) is 5.35. The van der Waals surface area contributed by atoms with E-state index in [1.54, 1.807) is 28.9 Å². The van der Waals surface area contributed by atoms with Crippen molar-refractivity contribution in [1.29, 1.82) is 0 Å². The third-order valence-electron chi connectivity index (χ3n) is 3.98.